The Morgan fingerprint density at radius 1 is 1.42 bits per heavy atom. The number of hydrogen-bond acceptors (Lipinski definition) is 2. The Kier molecular flexibility index (Phi) is 5.34. The number of aliphatic carboxylic acids is 1. The van der Waals surface area contributed by atoms with Crippen LogP contribution in [0.4, 0.5) is 5.69 Å². The predicted octanol–water partition coefficient (Wildman–Crippen LogP) is 3.37. The minimum atomic E-state index is -1.05. The highest BCUT2D eigenvalue weighted by Gasteiger charge is 2.38. The molecule has 0 saturated heterocycles. The maximum absolute atomic E-state index is 12.0. The summed E-state index contributed by atoms with van der Waals surface area (Å²) in [7, 11) is 0. The van der Waals surface area contributed by atoms with E-state index in [1.807, 2.05) is 32.0 Å². The van der Waals surface area contributed by atoms with Crippen molar-refractivity contribution in [2.75, 3.05) is 5.32 Å². The van der Waals surface area contributed by atoms with E-state index in [0.29, 0.717) is 5.69 Å². The Bertz CT molecular complexity index is 487. The average molecular weight is 375 g/mol. The van der Waals surface area contributed by atoms with Crippen molar-refractivity contribution in [3.05, 3.63) is 27.8 Å². The van der Waals surface area contributed by atoms with Crippen molar-refractivity contribution in [3.8, 4) is 0 Å². The Balaban J connectivity index is 2.77. The number of carbonyl (C=O) groups excluding carboxylic acids is 1. The van der Waals surface area contributed by atoms with Gasteiger partial charge in [0, 0.05) is 15.7 Å². The van der Waals surface area contributed by atoms with Crippen LogP contribution in [0.1, 0.15) is 27.2 Å². The third kappa shape index (κ3) is 4.19. The molecule has 19 heavy (non-hydrogen) atoms. The zero-order valence-corrected chi connectivity index (χ0v) is 13.4. The highest BCUT2D eigenvalue weighted by Crippen LogP contribution is 2.31. The first-order valence-corrected chi connectivity index (χ1v) is 7.12. The fraction of sp³-hybridized carbons (Fsp3) is 0.429. The second-order valence-electron chi connectivity index (χ2n) is 5.11. The van der Waals surface area contributed by atoms with Gasteiger partial charge in [-0.25, -0.2) is 0 Å². The summed E-state index contributed by atoms with van der Waals surface area (Å²) in [6, 6.07) is 7.39. The molecule has 0 aliphatic rings. The van der Waals surface area contributed by atoms with Crippen LogP contribution in [0.2, 0.25) is 0 Å². The lowest BCUT2D eigenvalue weighted by molar-refractivity contribution is -0.153. The molecule has 4 nitrogen and oxygen atoms in total. The largest absolute Gasteiger partial charge is 0.481 e. The van der Waals surface area contributed by atoms with E-state index in [1.54, 1.807) is 13.0 Å². The number of carboxylic acids is 1. The summed E-state index contributed by atoms with van der Waals surface area (Å²) in [5.74, 6) is -1.34. The monoisotopic (exact) mass is 375 g/mol. The van der Waals surface area contributed by atoms with Gasteiger partial charge in [-0.2, -0.15) is 0 Å². The average Bonchev–Trinajstić information content (AvgIpc) is 2.27. The number of halogens is 1. The summed E-state index contributed by atoms with van der Waals surface area (Å²) >= 11 is 2.16. The lowest BCUT2D eigenvalue weighted by atomic mass is 9.76. The molecular formula is C14H18INO3. The summed E-state index contributed by atoms with van der Waals surface area (Å²) in [5, 5.41) is 12.0. The van der Waals surface area contributed by atoms with Gasteiger partial charge in [-0.3, -0.25) is 9.59 Å². The molecule has 0 aliphatic carbocycles. The molecule has 1 rings (SSSR count). The molecule has 1 unspecified atom stereocenters. The molecular weight excluding hydrogens is 357 g/mol. The number of carbonyl (C=O) groups is 2. The second-order valence-corrected chi connectivity index (χ2v) is 6.36. The molecule has 1 aromatic carbocycles. The van der Waals surface area contributed by atoms with Crippen molar-refractivity contribution in [2.45, 2.75) is 27.2 Å². The van der Waals surface area contributed by atoms with E-state index in [2.05, 4.69) is 27.9 Å². The minimum Gasteiger partial charge on any atom is -0.481 e. The highest BCUT2D eigenvalue weighted by molar-refractivity contribution is 14.1. The molecule has 0 bridgehead atoms. The number of hydrogen-bond donors (Lipinski definition) is 2. The number of amides is 1. The van der Waals surface area contributed by atoms with Crippen molar-refractivity contribution in [1.29, 1.82) is 0 Å². The van der Waals surface area contributed by atoms with Crippen molar-refractivity contribution in [3.63, 3.8) is 0 Å². The molecule has 1 aromatic rings. The van der Waals surface area contributed by atoms with Crippen LogP contribution in [0.5, 0.6) is 0 Å². The lowest BCUT2D eigenvalue weighted by Crippen LogP contribution is -2.37. The van der Waals surface area contributed by atoms with Gasteiger partial charge < -0.3 is 10.4 Å². The first kappa shape index (κ1) is 15.9. The number of anilines is 1. The molecule has 1 amide bonds. The van der Waals surface area contributed by atoms with Crippen LogP contribution in [-0.2, 0) is 9.59 Å². The van der Waals surface area contributed by atoms with Gasteiger partial charge in [0.05, 0.1) is 5.41 Å². The van der Waals surface area contributed by atoms with Crippen molar-refractivity contribution in [2.24, 2.45) is 11.3 Å². The van der Waals surface area contributed by atoms with Crippen LogP contribution in [-0.4, -0.2) is 17.0 Å². The summed E-state index contributed by atoms with van der Waals surface area (Å²) in [4.78, 5) is 23.3. The second kappa shape index (κ2) is 6.36. The van der Waals surface area contributed by atoms with Gasteiger partial charge in [-0.05, 0) is 53.6 Å². The Hall–Kier alpha value is -1.11. The van der Waals surface area contributed by atoms with Crippen molar-refractivity contribution < 1.29 is 14.7 Å². The number of benzene rings is 1. The van der Waals surface area contributed by atoms with E-state index in [4.69, 9.17) is 0 Å². The molecule has 0 radical (unpaired) electrons. The van der Waals surface area contributed by atoms with E-state index < -0.39 is 11.4 Å². The zero-order valence-electron chi connectivity index (χ0n) is 11.2. The van der Waals surface area contributed by atoms with E-state index in [-0.39, 0.29) is 18.2 Å². The van der Waals surface area contributed by atoms with Gasteiger partial charge in [0.1, 0.15) is 0 Å². The SMILES string of the molecule is CC(C)C(C)(CC(=O)Nc1cccc(I)c1)C(=O)O. The van der Waals surface area contributed by atoms with Gasteiger partial charge in [0.15, 0.2) is 0 Å². The predicted molar refractivity (Wildman–Crippen MR) is 83.0 cm³/mol. The summed E-state index contributed by atoms with van der Waals surface area (Å²) in [5.41, 5.74) is -0.361. The van der Waals surface area contributed by atoms with Gasteiger partial charge in [-0.1, -0.05) is 19.9 Å². The molecule has 0 fully saturated rings. The quantitative estimate of drug-likeness (QED) is 0.776. The Morgan fingerprint density at radius 2 is 2.05 bits per heavy atom. The third-order valence-corrected chi connectivity index (χ3v) is 4.07. The molecule has 0 spiro atoms. The third-order valence-electron chi connectivity index (χ3n) is 3.40. The summed E-state index contributed by atoms with van der Waals surface area (Å²) in [6.07, 6.45) is -0.0362. The maximum atomic E-state index is 12.0. The molecule has 2 N–H and O–H groups in total. The van der Waals surface area contributed by atoms with Crippen LogP contribution in [0.25, 0.3) is 0 Å². The minimum absolute atomic E-state index is 0.0362. The van der Waals surface area contributed by atoms with Gasteiger partial charge in [-0.15, -0.1) is 0 Å². The van der Waals surface area contributed by atoms with Gasteiger partial charge >= 0.3 is 5.97 Å². The fourth-order valence-corrected chi connectivity index (χ4v) is 2.17. The van der Waals surface area contributed by atoms with Crippen LogP contribution < -0.4 is 5.32 Å². The smallest absolute Gasteiger partial charge is 0.310 e. The topological polar surface area (TPSA) is 66.4 Å². The van der Waals surface area contributed by atoms with Crippen LogP contribution >= 0.6 is 22.6 Å². The van der Waals surface area contributed by atoms with E-state index in [1.165, 1.54) is 0 Å². The van der Waals surface area contributed by atoms with Crippen LogP contribution in [0, 0.1) is 14.9 Å². The molecule has 104 valence electrons. The summed E-state index contributed by atoms with van der Waals surface area (Å²) < 4.78 is 1.01. The van der Waals surface area contributed by atoms with Crippen molar-refractivity contribution >= 4 is 40.2 Å². The number of carboxylic acid groups (broad SMARTS) is 1. The molecule has 0 aromatic heterocycles. The molecule has 5 heteroatoms. The van der Waals surface area contributed by atoms with E-state index >= 15 is 0 Å². The molecule has 1 atom stereocenters. The standard InChI is InChI=1S/C14H18INO3/c1-9(2)14(3,13(18)19)8-12(17)16-11-6-4-5-10(15)7-11/h4-7,9H,8H2,1-3H3,(H,16,17)(H,18,19). The van der Waals surface area contributed by atoms with E-state index in [9.17, 15) is 14.7 Å². The summed E-state index contributed by atoms with van der Waals surface area (Å²) in [6.45, 7) is 5.23. The zero-order chi connectivity index (χ0) is 14.6. The van der Waals surface area contributed by atoms with E-state index in [0.717, 1.165) is 3.57 Å². The Morgan fingerprint density at radius 3 is 2.53 bits per heavy atom. The first-order chi connectivity index (χ1) is 8.75. The molecule has 0 saturated carbocycles. The molecule has 0 heterocycles. The van der Waals surface area contributed by atoms with Gasteiger partial charge in [0.25, 0.3) is 0 Å². The van der Waals surface area contributed by atoms with Crippen molar-refractivity contribution in [1.82, 2.24) is 0 Å². The fourth-order valence-electron chi connectivity index (χ4n) is 1.63. The maximum Gasteiger partial charge on any atom is 0.310 e. The highest BCUT2D eigenvalue weighted by atomic mass is 127. The van der Waals surface area contributed by atoms with Gasteiger partial charge in [0.2, 0.25) is 5.91 Å². The van der Waals surface area contributed by atoms with Crippen LogP contribution in [0.15, 0.2) is 24.3 Å². The van der Waals surface area contributed by atoms with Crippen LogP contribution in [0.3, 0.4) is 0 Å². The number of rotatable bonds is 5. The Labute approximate surface area is 126 Å². The first-order valence-electron chi connectivity index (χ1n) is 6.04. The lowest BCUT2D eigenvalue weighted by Gasteiger charge is -2.28. The molecule has 0 aliphatic heterocycles. The normalized spacial score (nSPS) is 13.9. The number of nitrogens with one attached hydrogen (secondary N) is 1.